The molecule has 0 aliphatic carbocycles. The Morgan fingerprint density at radius 2 is 1.81 bits per heavy atom. The van der Waals surface area contributed by atoms with Crippen molar-refractivity contribution < 1.29 is 0 Å². The molecule has 7 heteroatoms. The molecule has 1 fully saturated rings. The maximum absolute atomic E-state index is 12.5. The van der Waals surface area contributed by atoms with Crippen molar-refractivity contribution in [3.8, 4) is 0 Å². The summed E-state index contributed by atoms with van der Waals surface area (Å²) in [6.07, 6.45) is 3.13. The highest BCUT2D eigenvalue weighted by atomic mass is 16.2. The van der Waals surface area contributed by atoms with Crippen LogP contribution in [0.4, 0.5) is 0 Å². The minimum absolute atomic E-state index is 0.335. The molecule has 0 saturated carbocycles. The van der Waals surface area contributed by atoms with Crippen molar-refractivity contribution in [2.24, 2.45) is 11.8 Å². The highest BCUT2D eigenvalue weighted by Crippen LogP contribution is 2.23. The molecule has 2 aromatic heterocycles. The van der Waals surface area contributed by atoms with Gasteiger partial charge in [-0.05, 0) is 31.6 Å². The van der Waals surface area contributed by atoms with Gasteiger partial charge < -0.3 is 4.57 Å². The maximum Gasteiger partial charge on any atom is 0.330 e. The van der Waals surface area contributed by atoms with Crippen molar-refractivity contribution in [3.63, 3.8) is 0 Å². The number of nitrogens with one attached hydrogen (secondary N) is 1. The molecule has 2 aromatic rings. The molecule has 1 saturated heterocycles. The Morgan fingerprint density at radius 1 is 1.12 bits per heavy atom. The monoisotopic (exact) mass is 361 g/mol. The number of aryl methyl sites for hydroxylation is 2. The number of likely N-dealkylation sites (tertiary alicyclic amines) is 1. The molecule has 3 heterocycles. The topological polar surface area (TPSA) is 75.9 Å². The van der Waals surface area contributed by atoms with Gasteiger partial charge in [-0.2, -0.15) is 0 Å². The standard InChI is InChI=1S/C19H31N5O2/c1-5-7-8-24-17-16(18(25)21-19(24)26)23(6-2)15(20-17)12-22-10-13(3)9-14(4)11-22/h13-14H,5-12H2,1-4H3,(H,21,25,26)/t13-,14-/m0/s1. The third-order valence-electron chi connectivity index (χ3n) is 5.33. The number of piperidine rings is 1. The van der Waals surface area contributed by atoms with Gasteiger partial charge in [0.25, 0.3) is 5.56 Å². The summed E-state index contributed by atoms with van der Waals surface area (Å²) in [5.74, 6) is 2.22. The lowest BCUT2D eigenvalue weighted by Gasteiger charge is -2.34. The fourth-order valence-corrected chi connectivity index (χ4v) is 4.32. The van der Waals surface area contributed by atoms with Crippen LogP contribution in [0, 0.1) is 11.8 Å². The second-order valence-electron chi connectivity index (χ2n) is 7.85. The van der Waals surface area contributed by atoms with Crippen LogP contribution in [-0.4, -0.2) is 37.1 Å². The van der Waals surface area contributed by atoms with Crippen molar-refractivity contribution in [2.75, 3.05) is 13.1 Å². The zero-order valence-electron chi connectivity index (χ0n) is 16.4. The highest BCUT2D eigenvalue weighted by Gasteiger charge is 2.24. The Labute approximate surface area is 154 Å². The van der Waals surface area contributed by atoms with E-state index in [4.69, 9.17) is 4.98 Å². The molecule has 3 rings (SSSR count). The van der Waals surface area contributed by atoms with Crippen LogP contribution < -0.4 is 11.2 Å². The predicted octanol–water partition coefficient (Wildman–Crippen LogP) is 2.18. The number of imidazole rings is 1. The Morgan fingerprint density at radius 3 is 2.42 bits per heavy atom. The fraction of sp³-hybridized carbons (Fsp3) is 0.737. The molecule has 1 aliphatic rings. The first-order valence-electron chi connectivity index (χ1n) is 9.89. The normalized spacial score (nSPS) is 21.5. The number of fused-ring (bicyclic) bond motifs is 1. The van der Waals surface area contributed by atoms with E-state index in [1.807, 2.05) is 11.5 Å². The Balaban J connectivity index is 2.04. The largest absolute Gasteiger partial charge is 0.330 e. The summed E-state index contributed by atoms with van der Waals surface area (Å²) in [5.41, 5.74) is 0.362. The molecule has 1 N–H and O–H groups in total. The van der Waals surface area contributed by atoms with E-state index in [1.54, 1.807) is 4.57 Å². The van der Waals surface area contributed by atoms with Crippen LogP contribution in [-0.2, 0) is 19.6 Å². The number of unbranched alkanes of at least 4 members (excludes halogenated alkanes) is 1. The molecule has 0 unspecified atom stereocenters. The molecular weight excluding hydrogens is 330 g/mol. The van der Waals surface area contributed by atoms with Gasteiger partial charge in [-0.3, -0.25) is 19.2 Å². The summed E-state index contributed by atoms with van der Waals surface area (Å²) in [6.45, 7) is 12.8. The van der Waals surface area contributed by atoms with Crippen molar-refractivity contribution in [1.82, 2.24) is 24.0 Å². The van der Waals surface area contributed by atoms with Crippen molar-refractivity contribution >= 4 is 11.2 Å². The quantitative estimate of drug-likeness (QED) is 0.856. The molecule has 0 amide bonds. The van der Waals surface area contributed by atoms with Gasteiger partial charge in [0.2, 0.25) is 0 Å². The van der Waals surface area contributed by atoms with Gasteiger partial charge >= 0.3 is 5.69 Å². The number of rotatable bonds is 6. The first-order chi connectivity index (χ1) is 12.4. The van der Waals surface area contributed by atoms with Crippen LogP contribution in [0.1, 0.15) is 52.8 Å². The van der Waals surface area contributed by atoms with Gasteiger partial charge in [0, 0.05) is 26.2 Å². The number of aromatic nitrogens is 4. The smallest absolute Gasteiger partial charge is 0.321 e. The van der Waals surface area contributed by atoms with E-state index in [0.29, 0.717) is 36.1 Å². The van der Waals surface area contributed by atoms with Gasteiger partial charge in [-0.15, -0.1) is 0 Å². The Bertz CT molecular complexity index is 868. The third kappa shape index (κ3) is 3.63. The van der Waals surface area contributed by atoms with Crippen LogP contribution in [0.3, 0.4) is 0 Å². The van der Waals surface area contributed by atoms with Gasteiger partial charge in [-0.25, -0.2) is 9.78 Å². The Kier molecular flexibility index (Phi) is 5.65. The zero-order chi connectivity index (χ0) is 18.8. The first-order valence-corrected chi connectivity index (χ1v) is 9.89. The third-order valence-corrected chi connectivity index (χ3v) is 5.33. The van der Waals surface area contributed by atoms with Crippen molar-refractivity contribution in [3.05, 3.63) is 26.7 Å². The van der Waals surface area contributed by atoms with E-state index >= 15 is 0 Å². The summed E-state index contributed by atoms with van der Waals surface area (Å²) < 4.78 is 3.59. The molecule has 0 spiro atoms. The van der Waals surface area contributed by atoms with Crippen LogP contribution in [0.15, 0.2) is 9.59 Å². The lowest BCUT2D eigenvalue weighted by molar-refractivity contribution is 0.130. The molecule has 7 nitrogen and oxygen atoms in total. The lowest BCUT2D eigenvalue weighted by atomic mass is 9.92. The summed E-state index contributed by atoms with van der Waals surface area (Å²) in [7, 11) is 0. The van der Waals surface area contributed by atoms with Gasteiger partial charge in [0.05, 0.1) is 6.54 Å². The van der Waals surface area contributed by atoms with Gasteiger partial charge in [0.15, 0.2) is 11.2 Å². The SMILES string of the molecule is CCCCn1c(=O)[nH]c(=O)c2c1nc(CN1C[C@@H](C)C[C@H](C)C1)n2CC. The number of hydrogen-bond acceptors (Lipinski definition) is 4. The highest BCUT2D eigenvalue weighted by molar-refractivity contribution is 5.71. The van der Waals surface area contributed by atoms with Crippen LogP contribution in [0.5, 0.6) is 0 Å². The molecular formula is C19H31N5O2. The maximum atomic E-state index is 12.5. The second-order valence-corrected chi connectivity index (χ2v) is 7.85. The lowest BCUT2D eigenvalue weighted by Crippen LogP contribution is -2.38. The summed E-state index contributed by atoms with van der Waals surface area (Å²) in [6, 6.07) is 0. The minimum Gasteiger partial charge on any atom is -0.321 e. The van der Waals surface area contributed by atoms with Crippen molar-refractivity contribution in [2.45, 2.75) is 66.6 Å². The first kappa shape index (κ1) is 18.9. The summed E-state index contributed by atoms with van der Waals surface area (Å²) in [4.78, 5) is 34.4. The molecule has 0 radical (unpaired) electrons. The van der Waals surface area contributed by atoms with Gasteiger partial charge in [0.1, 0.15) is 5.82 Å². The number of H-pyrrole nitrogens is 1. The average Bonchev–Trinajstić information content (AvgIpc) is 2.92. The van der Waals surface area contributed by atoms with E-state index in [1.165, 1.54) is 6.42 Å². The summed E-state index contributed by atoms with van der Waals surface area (Å²) in [5, 5.41) is 0. The van der Waals surface area contributed by atoms with Gasteiger partial charge in [-0.1, -0.05) is 27.2 Å². The Hall–Kier alpha value is -1.89. The predicted molar refractivity (Wildman–Crippen MR) is 103 cm³/mol. The molecule has 1 aliphatic heterocycles. The molecule has 0 bridgehead atoms. The van der Waals surface area contributed by atoms with E-state index in [9.17, 15) is 9.59 Å². The van der Waals surface area contributed by atoms with E-state index in [-0.39, 0.29) is 11.2 Å². The van der Waals surface area contributed by atoms with E-state index in [0.717, 1.165) is 38.3 Å². The molecule has 0 aromatic carbocycles. The average molecular weight is 361 g/mol. The van der Waals surface area contributed by atoms with Crippen LogP contribution >= 0.6 is 0 Å². The van der Waals surface area contributed by atoms with Crippen LogP contribution in [0.2, 0.25) is 0 Å². The minimum atomic E-state index is -0.358. The number of nitrogens with zero attached hydrogens (tertiary/aromatic N) is 4. The van der Waals surface area contributed by atoms with Crippen LogP contribution in [0.25, 0.3) is 11.2 Å². The second kappa shape index (κ2) is 7.78. The summed E-state index contributed by atoms with van der Waals surface area (Å²) >= 11 is 0. The zero-order valence-corrected chi connectivity index (χ0v) is 16.4. The van der Waals surface area contributed by atoms with E-state index < -0.39 is 0 Å². The number of aromatic amines is 1. The molecule has 26 heavy (non-hydrogen) atoms. The number of hydrogen-bond donors (Lipinski definition) is 1. The molecule has 2 atom stereocenters. The fourth-order valence-electron chi connectivity index (χ4n) is 4.32. The van der Waals surface area contributed by atoms with E-state index in [2.05, 4.69) is 30.7 Å². The molecule has 144 valence electrons. The van der Waals surface area contributed by atoms with Crippen molar-refractivity contribution in [1.29, 1.82) is 0 Å².